The summed E-state index contributed by atoms with van der Waals surface area (Å²) in [5.41, 5.74) is 0.0794. The highest BCUT2D eigenvalue weighted by molar-refractivity contribution is 5.06. The molecule has 27 heavy (non-hydrogen) atoms. The molecule has 0 bridgehead atoms. The van der Waals surface area contributed by atoms with E-state index in [4.69, 9.17) is 6.42 Å². The summed E-state index contributed by atoms with van der Waals surface area (Å²) in [7, 11) is 2.16. The molecule has 0 saturated carbocycles. The van der Waals surface area contributed by atoms with E-state index in [0.717, 1.165) is 19.3 Å². The second kappa shape index (κ2) is 18.5. The van der Waals surface area contributed by atoms with Crippen molar-refractivity contribution >= 4 is 0 Å². The number of allylic oxidation sites excluding steroid dienone is 1. The van der Waals surface area contributed by atoms with E-state index in [0.29, 0.717) is 18.8 Å². The molecule has 1 nitrogen and oxygen atoms in total. The molecule has 0 aliphatic rings. The van der Waals surface area contributed by atoms with Crippen molar-refractivity contribution < 1.29 is 4.39 Å². The molecule has 0 N–H and O–H groups in total. The SMILES string of the molecule is C#CCC(/C=C(/F)CCC)C(C(C)CC)N(C)C(C)(C)CC.CC.CCC. The quantitative estimate of drug-likeness (QED) is 0.343. The first-order valence-electron chi connectivity index (χ1n) is 11.2. The summed E-state index contributed by atoms with van der Waals surface area (Å²) in [4.78, 5) is 2.42. The summed E-state index contributed by atoms with van der Waals surface area (Å²) in [6, 6.07) is 0.263. The third-order valence-corrected chi connectivity index (χ3v) is 5.17. The Morgan fingerprint density at radius 3 is 1.96 bits per heavy atom. The van der Waals surface area contributed by atoms with Gasteiger partial charge in [-0.15, -0.1) is 12.3 Å². The first-order valence-corrected chi connectivity index (χ1v) is 11.2. The maximum atomic E-state index is 14.1. The number of nitrogens with zero attached hydrogens (tertiary/aromatic N) is 1. The highest BCUT2D eigenvalue weighted by Crippen LogP contribution is 2.32. The van der Waals surface area contributed by atoms with Crippen molar-refractivity contribution in [2.24, 2.45) is 11.8 Å². The molecule has 0 aliphatic carbocycles. The first-order chi connectivity index (χ1) is 12.7. The summed E-state index contributed by atoms with van der Waals surface area (Å²) in [6.07, 6.45) is 12.7. The maximum absolute atomic E-state index is 14.1. The zero-order valence-electron chi connectivity index (χ0n) is 20.5. The molecule has 162 valence electrons. The van der Waals surface area contributed by atoms with Gasteiger partial charge in [-0.1, -0.05) is 68.2 Å². The fourth-order valence-electron chi connectivity index (χ4n) is 2.95. The van der Waals surface area contributed by atoms with Crippen LogP contribution in [0.3, 0.4) is 0 Å². The van der Waals surface area contributed by atoms with Crippen molar-refractivity contribution in [2.75, 3.05) is 7.05 Å². The summed E-state index contributed by atoms with van der Waals surface area (Å²) in [5.74, 6) is 3.29. The second-order valence-electron chi connectivity index (χ2n) is 7.80. The molecular weight excluding hydrogens is 333 g/mol. The van der Waals surface area contributed by atoms with Gasteiger partial charge in [0.1, 0.15) is 0 Å². The molecule has 3 atom stereocenters. The van der Waals surface area contributed by atoms with E-state index in [-0.39, 0.29) is 23.3 Å². The fraction of sp³-hybridized carbons (Fsp3) is 0.840. The molecule has 0 amide bonds. The van der Waals surface area contributed by atoms with E-state index in [1.54, 1.807) is 6.08 Å². The van der Waals surface area contributed by atoms with Crippen molar-refractivity contribution in [1.29, 1.82) is 0 Å². The van der Waals surface area contributed by atoms with Crippen molar-refractivity contribution in [3.63, 3.8) is 0 Å². The molecule has 0 aromatic heterocycles. The lowest BCUT2D eigenvalue weighted by Gasteiger charge is -2.46. The molecule has 0 heterocycles. The van der Waals surface area contributed by atoms with Crippen LogP contribution in [-0.4, -0.2) is 23.5 Å². The largest absolute Gasteiger partial charge is 0.297 e. The standard InChI is InChI=1S/C20H36FN.C3H8.C2H6/c1-9-13-17(15-18(21)14-10-2)19(16(5)11-3)22(8)20(6,7)12-4;1-3-2;1-2/h1,15-17,19H,10-14H2,2-8H3;3H2,1-2H3;1-2H3/b18-15+;;. The van der Waals surface area contributed by atoms with Gasteiger partial charge in [0.05, 0.1) is 5.83 Å². The van der Waals surface area contributed by atoms with Crippen LogP contribution in [0.5, 0.6) is 0 Å². The average molecular weight is 384 g/mol. The highest BCUT2D eigenvalue weighted by atomic mass is 19.1. The molecule has 2 heteroatoms. The Bertz CT molecular complexity index is 392. The van der Waals surface area contributed by atoms with Crippen LogP contribution in [0.2, 0.25) is 0 Å². The Morgan fingerprint density at radius 1 is 1.15 bits per heavy atom. The van der Waals surface area contributed by atoms with Crippen LogP contribution in [0.1, 0.15) is 108 Å². The minimum Gasteiger partial charge on any atom is -0.297 e. The smallest absolute Gasteiger partial charge is 0.0963 e. The summed E-state index contributed by atoms with van der Waals surface area (Å²) < 4.78 is 14.1. The van der Waals surface area contributed by atoms with E-state index < -0.39 is 0 Å². The van der Waals surface area contributed by atoms with Crippen molar-refractivity contribution in [3.8, 4) is 12.3 Å². The minimum atomic E-state index is -0.0150. The van der Waals surface area contributed by atoms with Crippen LogP contribution in [-0.2, 0) is 0 Å². The van der Waals surface area contributed by atoms with Gasteiger partial charge in [0.15, 0.2) is 0 Å². The molecule has 0 aromatic carbocycles. The van der Waals surface area contributed by atoms with Crippen LogP contribution >= 0.6 is 0 Å². The van der Waals surface area contributed by atoms with Crippen LogP contribution < -0.4 is 0 Å². The Labute approximate surface area is 172 Å². The average Bonchev–Trinajstić information content (AvgIpc) is 2.64. The molecule has 0 aromatic rings. The predicted octanol–water partition coefficient (Wildman–Crippen LogP) is 8.26. The Balaban J connectivity index is -0.00000104. The summed E-state index contributed by atoms with van der Waals surface area (Å²) in [5, 5.41) is 0. The third-order valence-electron chi connectivity index (χ3n) is 5.17. The van der Waals surface area contributed by atoms with Crippen LogP contribution in [0.25, 0.3) is 0 Å². The van der Waals surface area contributed by atoms with Gasteiger partial charge in [0.2, 0.25) is 0 Å². The molecule has 3 unspecified atom stereocenters. The lowest BCUT2D eigenvalue weighted by Crippen LogP contribution is -2.52. The topological polar surface area (TPSA) is 3.24 Å². The molecule has 0 radical (unpaired) electrons. The lowest BCUT2D eigenvalue weighted by atomic mass is 9.81. The van der Waals surface area contributed by atoms with Gasteiger partial charge in [-0.25, -0.2) is 4.39 Å². The van der Waals surface area contributed by atoms with E-state index in [1.807, 2.05) is 20.8 Å². The zero-order valence-corrected chi connectivity index (χ0v) is 20.5. The van der Waals surface area contributed by atoms with E-state index >= 15 is 0 Å². The van der Waals surface area contributed by atoms with Gasteiger partial charge >= 0.3 is 0 Å². The van der Waals surface area contributed by atoms with Crippen molar-refractivity contribution in [2.45, 2.75) is 119 Å². The highest BCUT2D eigenvalue weighted by Gasteiger charge is 2.35. The number of hydrogen-bond acceptors (Lipinski definition) is 1. The summed E-state index contributed by atoms with van der Waals surface area (Å²) >= 11 is 0. The van der Waals surface area contributed by atoms with Gasteiger partial charge < -0.3 is 0 Å². The fourth-order valence-corrected chi connectivity index (χ4v) is 2.95. The molecule has 0 aliphatic heterocycles. The molecular formula is C25H50FN. The molecule has 0 spiro atoms. The van der Waals surface area contributed by atoms with E-state index in [2.05, 4.69) is 66.3 Å². The molecule has 0 fully saturated rings. The Morgan fingerprint density at radius 2 is 1.63 bits per heavy atom. The second-order valence-corrected chi connectivity index (χ2v) is 7.80. The number of hydrogen-bond donors (Lipinski definition) is 0. The van der Waals surface area contributed by atoms with E-state index in [9.17, 15) is 4.39 Å². The lowest BCUT2D eigenvalue weighted by molar-refractivity contribution is 0.0425. The predicted molar refractivity (Wildman–Crippen MR) is 124 cm³/mol. The monoisotopic (exact) mass is 383 g/mol. The molecule has 0 rings (SSSR count). The van der Waals surface area contributed by atoms with Gasteiger partial charge in [-0.2, -0.15) is 0 Å². The van der Waals surface area contributed by atoms with Crippen molar-refractivity contribution in [1.82, 2.24) is 4.90 Å². The van der Waals surface area contributed by atoms with Gasteiger partial charge in [0, 0.05) is 23.9 Å². The van der Waals surface area contributed by atoms with Crippen LogP contribution in [0.4, 0.5) is 4.39 Å². The minimum absolute atomic E-state index is 0.0150. The van der Waals surface area contributed by atoms with Gasteiger partial charge in [0.25, 0.3) is 0 Å². The van der Waals surface area contributed by atoms with Crippen LogP contribution in [0.15, 0.2) is 11.9 Å². The zero-order chi connectivity index (χ0) is 22.0. The third kappa shape index (κ3) is 13.1. The van der Waals surface area contributed by atoms with Gasteiger partial charge in [-0.3, -0.25) is 4.90 Å². The normalized spacial score (nSPS) is 14.9. The maximum Gasteiger partial charge on any atom is 0.0963 e. The number of halogens is 1. The Kier molecular flexibility index (Phi) is 21.2. The van der Waals surface area contributed by atoms with E-state index in [1.165, 1.54) is 6.42 Å². The van der Waals surface area contributed by atoms with Gasteiger partial charge in [-0.05, 0) is 52.2 Å². The first kappa shape index (κ1) is 30.9. The number of terminal acetylenes is 1. The molecule has 0 saturated heterocycles. The van der Waals surface area contributed by atoms with Crippen LogP contribution in [0, 0.1) is 24.2 Å². The Hall–Kier alpha value is -0.810. The summed E-state index contributed by atoms with van der Waals surface area (Å²) in [6.45, 7) is 21.4. The number of rotatable bonds is 10. The van der Waals surface area contributed by atoms with Crippen molar-refractivity contribution in [3.05, 3.63) is 11.9 Å².